The summed E-state index contributed by atoms with van der Waals surface area (Å²) in [5.74, 6) is 0.302. The third-order valence-electron chi connectivity index (χ3n) is 5.23. The van der Waals surface area contributed by atoms with Crippen molar-refractivity contribution in [2.24, 2.45) is 10.8 Å². The highest BCUT2D eigenvalue weighted by Crippen LogP contribution is 2.66. The first-order valence-electron chi connectivity index (χ1n) is 6.66. The van der Waals surface area contributed by atoms with Gasteiger partial charge in [-0.1, -0.05) is 69.8 Å². The SMILES string of the molecule is O=C1C=CC23C[C@@H](Br)[C@H](Br)CC2(C1)C[C@@H](Br)[C@@H](Br)C3. The van der Waals surface area contributed by atoms with Gasteiger partial charge in [0.2, 0.25) is 0 Å². The third-order valence-corrected chi connectivity index (χ3v) is 10.5. The second kappa shape index (κ2) is 5.20. The Labute approximate surface area is 147 Å². The van der Waals surface area contributed by atoms with Crippen LogP contribution in [0.5, 0.6) is 0 Å². The number of halogens is 4. The van der Waals surface area contributed by atoms with E-state index in [2.05, 4.69) is 69.8 Å². The molecule has 1 nitrogen and oxygen atoms in total. The molecule has 0 bridgehead atoms. The first-order chi connectivity index (χ1) is 8.87. The molecule has 19 heavy (non-hydrogen) atoms. The molecule has 0 spiro atoms. The molecule has 6 atom stereocenters. The van der Waals surface area contributed by atoms with E-state index in [1.165, 1.54) is 0 Å². The van der Waals surface area contributed by atoms with Gasteiger partial charge in [-0.05, 0) is 42.6 Å². The Morgan fingerprint density at radius 2 is 1.37 bits per heavy atom. The van der Waals surface area contributed by atoms with Crippen LogP contribution in [0.15, 0.2) is 12.2 Å². The van der Waals surface area contributed by atoms with Gasteiger partial charge < -0.3 is 0 Å². The first-order valence-corrected chi connectivity index (χ1v) is 10.3. The number of ketones is 1. The largest absolute Gasteiger partial charge is 0.295 e. The maximum absolute atomic E-state index is 12.0. The van der Waals surface area contributed by atoms with Crippen LogP contribution >= 0.6 is 63.7 Å². The molecule has 2 unspecified atom stereocenters. The summed E-state index contributed by atoms with van der Waals surface area (Å²) in [6, 6.07) is 0. The van der Waals surface area contributed by atoms with Crippen molar-refractivity contribution in [3.05, 3.63) is 12.2 Å². The minimum atomic E-state index is 0.135. The van der Waals surface area contributed by atoms with Crippen LogP contribution in [0.2, 0.25) is 0 Å². The Kier molecular flexibility index (Phi) is 4.17. The van der Waals surface area contributed by atoms with Gasteiger partial charge in [-0.2, -0.15) is 0 Å². The van der Waals surface area contributed by atoms with Gasteiger partial charge in [0, 0.05) is 25.7 Å². The number of allylic oxidation sites excluding steroid dienone is 2. The van der Waals surface area contributed by atoms with Crippen LogP contribution in [0, 0.1) is 10.8 Å². The van der Waals surface area contributed by atoms with E-state index >= 15 is 0 Å². The van der Waals surface area contributed by atoms with Crippen molar-refractivity contribution >= 4 is 69.5 Å². The number of carbonyl (C=O) groups excluding carboxylic acids is 1. The van der Waals surface area contributed by atoms with E-state index in [9.17, 15) is 4.79 Å². The summed E-state index contributed by atoms with van der Waals surface area (Å²) >= 11 is 15.3. The molecule has 106 valence electrons. The molecule has 0 N–H and O–H groups in total. The van der Waals surface area contributed by atoms with Crippen LogP contribution in [-0.4, -0.2) is 25.1 Å². The summed E-state index contributed by atoms with van der Waals surface area (Å²) < 4.78 is 0. The number of carbonyl (C=O) groups is 1. The number of alkyl halides is 4. The maximum atomic E-state index is 12.0. The lowest BCUT2D eigenvalue weighted by molar-refractivity contribution is -0.123. The highest BCUT2D eigenvalue weighted by atomic mass is 79.9. The van der Waals surface area contributed by atoms with Crippen LogP contribution in [-0.2, 0) is 4.79 Å². The molecule has 2 fully saturated rings. The standard InChI is InChI=1S/C14H16Br4O/c15-9-4-13-2-1-8(19)3-14(13,6-11(9)17)7-12(18)10(16)5-13/h1-2,9-12H,3-7H2/t9-,10+,11-,12-,13?,14?/m1/s1. The van der Waals surface area contributed by atoms with Gasteiger partial charge in [-0.15, -0.1) is 0 Å². The molecular weight excluding hydrogens is 504 g/mol. The minimum Gasteiger partial charge on any atom is -0.295 e. The van der Waals surface area contributed by atoms with Crippen molar-refractivity contribution < 1.29 is 4.79 Å². The zero-order valence-electron chi connectivity index (χ0n) is 10.4. The summed E-state index contributed by atoms with van der Waals surface area (Å²) in [7, 11) is 0. The smallest absolute Gasteiger partial charge is 0.155 e. The van der Waals surface area contributed by atoms with Gasteiger partial charge in [-0.25, -0.2) is 0 Å². The molecule has 0 amide bonds. The highest BCUT2D eigenvalue weighted by Gasteiger charge is 2.60. The van der Waals surface area contributed by atoms with Crippen molar-refractivity contribution in [1.82, 2.24) is 0 Å². The van der Waals surface area contributed by atoms with Crippen LogP contribution in [0.4, 0.5) is 0 Å². The number of rotatable bonds is 0. The van der Waals surface area contributed by atoms with Crippen molar-refractivity contribution in [1.29, 1.82) is 0 Å². The van der Waals surface area contributed by atoms with E-state index in [0.29, 0.717) is 31.5 Å². The van der Waals surface area contributed by atoms with Crippen molar-refractivity contribution in [3.8, 4) is 0 Å². The Morgan fingerprint density at radius 3 is 1.89 bits per heavy atom. The molecular formula is C14H16Br4O. The van der Waals surface area contributed by atoms with Gasteiger partial charge in [-0.3, -0.25) is 4.79 Å². The predicted molar refractivity (Wildman–Crippen MR) is 93.0 cm³/mol. The minimum absolute atomic E-state index is 0.135. The van der Waals surface area contributed by atoms with E-state index in [0.717, 1.165) is 25.7 Å². The Morgan fingerprint density at radius 1 is 0.895 bits per heavy atom. The van der Waals surface area contributed by atoms with E-state index in [-0.39, 0.29) is 10.8 Å². The topological polar surface area (TPSA) is 17.1 Å². The van der Waals surface area contributed by atoms with E-state index < -0.39 is 0 Å². The van der Waals surface area contributed by atoms with Crippen LogP contribution in [0.25, 0.3) is 0 Å². The zero-order chi connectivity index (χ0) is 13.8. The molecule has 3 rings (SSSR count). The van der Waals surface area contributed by atoms with E-state index in [4.69, 9.17) is 0 Å². The molecule has 0 aliphatic heterocycles. The second-order valence-electron chi connectivity index (χ2n) is 6.29. The monoisotopic (exact) mass is 516 g/mol. The second-order valence-corrected chi connectivity index (χ2v) is 11.0. The molecule has 0 saturated heterocycles. The normalized spacial score (nSPS) is 53.6. The maximum Gasteiger partial charge on any atom is 0.155 e. The fraction of sp³-hybridized carbons (Fsp3) is 0.786. The Hall–Kier alpha value is 1.33. The van der Waals surface area contributed by atoms with E-state index in [1.807, 2.05) is 6.08 Å². The van der Waals surface area contributed by atoms with Crippen molar-refractivity contribution in [2.75, 3.05) is 0 Å². The molecule has 0 aromatic rings. The van der Waals surface area contributed by atoms with Gasteiger partial charge in [0.15, 0.2) is 5.78 Å². The average Bonchev–Trinajstić information content (AvgIpc) is 2.31. The average molecular weight is 520 g/mol. The number of hydrogen-bond donors (Lipinski definition) is 0. The summed E-state index contributed by atoms with van der Waals surface area (Å²) in [6.45, 7) is 0. The molecule has 0 aromatic heterocycles. The lowest BCUT2D eigenvalue weighted by atomic mass is 9.47. The zero-order valence-corrected chi connectivity index (χ0v) is 16.8. The highest BCUT2D eigenvalue weighted by molar-refractivity contribution is 9.12. The van der Waals surface area contributed by atoms with Gasteiger partial charge >= 0.3 is 0 Å². The summed E-state index contributed by atoms with van der Waals surface area (Å²) in [5.41, 5.74) is 0.313. The summed E-state index contributed by atoms with van der Waals surface area (Å²) in [6.07, 6.45) is 9.19. The van der Waals surface area contributed by atoms with Gasteiger partial charge in [0.05, 0.1) is 0 Å². The Balaban J connectivity index is 2.06. The van der Waals surface area contributed by atoms with Crippen molar-refractivity contribution in [3.63, 3.8) is 0 Å². The summed E-state index contributed by atoms with van der Waals surface area (Å²) in [4.78, 5) is 13.9. The van der Waals surface area contributed by atoms with Crippen LogP contribution in [0.3, 0.4) is 0 Å². The lowest BCUT2D eigenvalue weighted by Crippen LogP contribution is -2.58. The third kappa shape index (κ3) is 2.39. The Bertz CT molecular complexity index is 413. The molecule has 2 saturated carbocycles. The molecule has 0 heterocycles. The first kappa shape index (κ1) is 15.2. The van der Waals surface area contributed by atoms with Gasteiger partial charge in [0.1, 0.15) is 0 Å². The molecule has 0 radical (unpaired) electrons. The molecule has 3 aliphatic rings. The fourth-order valence-corrected chi connectivity index (χ4v) is 7.38. The number of hydrogen-bond acceptors (Lipinski definition) is 1. The van der Waals surface area contributed by atoms with Crippen LogP contribution in [0.1, 0.15) is 32.1 Å². The lowest BCUT2D eigenvalue weighted by Gasteiger charge is -2.61. The van der Waals surface area contributed by atoms with Gasteiger partial charge in [0.25, 0.3) is 0 Å². The quantitative estimate of drug-likeness (QED) is 0.406. The van der Waals surface area contributed by atoms with Crippen molar-refractivity contribution in [2.45, 2.75) is 51.4 Å². The fourth-order valence-electron chi connectivity index (χ4n) is 4.24. The summed E-state index contributed by atoms with van der Waals surface area (Å²) in [5, 5.41) is 0. The van der Waals surface area contributed by atoms with Crippen LogP contribution < -0.4 is 0 Å². The predicted octanol–water partition coefficient (Wildman–Crippen LogP) is 5.13. The van der Waals surface area contributed by atoms with E-state index in [1.54, 1.807) is 0 Å². The molecule has 5 heteroatoms. The molecule has 0 aromatic carbocycles. The molecule has 3 aliphatic carbocycles.